The number of hydrogen-bond acceptors (Lipinski definition) is 3. The number of piperidine rings is 2. The van der Waals surface area contributed by atoms with Crippen molar-refractivity contribution in [3.63, 3.8) is 0 Å². The van der Waals surface area contributed by atoms with Crippen LogP contribution in [0.1, 0.15) is 65.4 Å². The Morgan fingerprint density at radius 3 is 2.08 bits per heavy atom. The fourth-order valence-corrected chi connectivity index (χ4v) is 4.80. The van der Waals surface area contributed by atoms with Gasteiger partial charge in [0.05, 0.1) is 0 Å². The van der Waals surface area contributed by atoms with E-state index in [1.165, 1.54) is 75.2 Å². The van der Waals surface area contributed by atoms with Crippen molar-refractivity contribution < 1.29 is 0 Å². The van der Waals surface area contributed by atoms with Gasteiger partial charge in [-0.05, 0) is 80.8 Å². The Morgan fingerprint density at radius 1 is 0.920 bits per heavy atom. The minimum Gasteiger partial charge on any atom is -0.300 e. The van der Waals surface area contributed by atoms with Gasteiger partial charge in [-0.1, -0.05) is 46.2 Å². The molecule has 0 spiro atoms. The van der Waals surface area contributed by atoms with Crippen molar-refractivity contribution in [2.24, 2.45) is 5.92 Å². The van der Waals surface area contributed by atoms with Crippen LogP contribution in [0.5, 0.6) is 0 Å². The normalized spacial score (nSPS) is 21.0. The van der Waals surface area contributed by atoms with E-state index < -0.39 is 0 Å². The Balaban J connectivity index is 0.00000109. The van der Waals surface area contributed by atoms with Crippen LogP contribution in [-0.2, 0) is 6.42 Å². The summed E-state index contributed by atoms with van der Waals surface area (Å²) in [5.74, 6) is 0.942. The Labute approximate surface area is 160 Å². The lowest BCUT2D eigenvalue weighted by molar-refractivity contribution is 0.103. The molecule has 0 atom stereocenters. The molecule has 3 rings (SSSR count). The molecule has 0 N–H and O–H groups in total. The molecule has 25 heavy (non-hydrogen) atoms. The maximum atomic E-state index is 2.77. The number of likely N-dealkylation sites (tertiary alicyclic amines) is 1. The number of hydrogen-bond donors (Lipinski definition) is 0. The minimum absolute atomic E-state index is 0.839. The van der Waals surface area contributed by atoms with E-state index in [4.69, 9.17) is 0 Å². The Morgan fingerprint density at radius 2 is 1.52 bits per heavy atom. The molecule has 2 aliphatic rings. The van der Waals surface area contributed by atoms with Gasteiger partial charge in [0.1, 0.15) is 0 Å². The first-order chi connectivity index (χ1) is 12.2. The fourth-order valence-electron chi connectivity index (χ4n) is 3.85. The molecule has 142 valence electrons. The third kappa shape index (κ3) is 6.62. The summed E-state index contributed by atoms with van der Waals surface area (Å²) < 4.78 is 2.57. The topological polar surface area (TPSA) is 6.48 Å². The molecule has 0 amide bonds. The van der Waals surface area contributed by atoms with Crippen molar-refractivity contribution in [1.29, 1.82) is 0 Å². The average Bonchev–Trinajstić information content (AvgIpc) is 2.67. The van der Waals surface area contributed by atoms with Gasteiger partial charge < -0.3 is 4.90 Å². The predicted molar refractivity (Wildman–Crippen MR) is 112 cm³/mol. The third-order valence-electron chi connectivity index (χ3n) is 5.45. The van der Waals surface area contributed by atoms with E-state index in [1.54, 1.807) is 0 Å². The van der Waals surface area contributed by atoms with Crippen molar-refractivity contribution in [3.05, 3.63) is 29.8 Å². The lowest BCUT2D eigenvalue weighted by Gasteiger charge is -2.41. The molecule has 2 saturated heterocycles. The highest BCUT2D eigenvalue weighted by molar-refractivity contribution is 7.97. The van der Waals surface area contributed by atoms with Crippen LogP contribution in [-0.4, -0.2) is 41.4 Å². The van der Waals surface area contributed by atoms with Crippen LogP contribution in [0, 0.1) is 5.92 Å². The summed E-state index contributed by atoms with van der Waals surface area (Å²) in [5, 5.41) is 0. The second kappa shape index (κ2) is 11.3. The molecule has 0 aromatic heterocycles. The van der Waals surface area contributed by atoms with Crippen LogP contribution in [0.15, 0.2) is 29.2 Å². The lowest BCUT2D eigenvalue weighted by atomic mass is 9.95. The van der Waals surface area contributed by atoms with Gasteiger partial charge >= 0.3 is 0 Å². The first kappa shape index (κ1) is 20.8. The summed E-state index contributed by atoms with van der Waals surface area (Å²) >= 11 is 1.96. The Hall–Kier alpha value is -0.510. The maximum absolute atomic E-state index is 2.77. The van der Waals surface area contributed by atoms with E-state index in [9.17, 15) is 0 Å². The van der Waals surface area contributed by atoms with Gasteiger partial charge in [-0.3, -0.25) is 0 Å². The lowest BCUT2D eigenvalue weighted by Crippen LogP contribution is -2.46. The van der Waals surface area contributed by atoms with Crippen LogP contribution < -0.4 is 0 Å². The summed E-state index contributed by atoms with van der Waals surface area (Å²) in [6.45, 7) is 13.8. The molecule has 0 bridgehead atoms. The summed E-state index contributed by atoms with van der Waals surface area (Å²) in [7, 11) is 0. The van der Waals surface area contributed by atoms with Crippen LogP contribution in [0.4, 0.5) is 0 Å². The van der Waals surface area contributed by atoms with Crippen LogP contribution in [0.25, 0.3) is 0 Å². The van der Waals surface area contributed by atoms with E-state index in [1.807, 2.05) is 25.8 Å². The molecule has 1 aromatic carbocycles. The molecule has 0 unspecified atom stereocenters. The van der Waals surface area contributed by atoms with Crippen LogP contribution in [0.3, 0.4) is 0 Å². The zero-order valence-corrected chi connectivity index (χ0v) is 17.7. The molecule has 0 saturated carbocycles. The number of benzene rings is 1. The third-order valence-corrected chi connectivity index (χ3v) is 6.56. The standard InChI is InChI=1S/C20H32N2S.C2H6/c1-3-4-18-5-7-20(8-6-18)23-22-15-11-19(12-16-22)21-13-9-17(2)10-14-21;1-2/h5-8,17,19H,3-4,9-16H2,1-2H3;1-2H3. The molecule has 2 heterocycles. The predicted octanol–water partition coefficient (Wildman–Crippen LogP) is 5.87. The number of rotatable bonds is 5. The van der Waals surface area contributed by atoms with Crippen molar-refractivity contribution in [1.82, 2.24) is 9.21 Å². The Bertz CT molecular complexity index is 457. The minimum atomic E-state index is 0.839. The molecular formula is C22H38N2S. The quantitative estimate of drug-likeness (QED) is 0.605. The van der Waals surface area contributed by atoms with E-state index in [0.29, 0.717) is 0 Å². The first-order valence-corrected chi connectivity index (χ1v) is 11.3. The molecule has 0 radical (unpaired) electrons. The van der Waals surface area contributed by atoms with Gasteiger partial charge in [-0.2, -0.15) is 0 Å². The largest absolute Gasteiger partial charge is 0.300 e. The van der Waals surface area contributed by atoms with Crippen molar-refractivity contribution >= 4 is 11.9 Å². The second-order valence-corrected chi connectivity index (χ2v) is 8.53. The molecule has 2 aliphatic heterocycles. The second-order valence-electron chi connectivity index (χ2n) is 7.36. The summed E-state index contributed by atoms with van der Waals surface area (Å²) in [5.41, 5.74) is 1.47. The number of aryl methyl sites for hydroxylation is 1. The van der Waals surface area contributed by atoms with Gasteiger partial charge in [0.15, 0.2) is 0 Å². The zero-order chi connectivity index (χ0) is 18.1. The average molecular weight is 363 g/mol. The van der Waals surface area contributed by atoms with Crippen molar-refractivity contribution in [2.75, 3.05) is 26.2 Å². The maximum Gasteiger partial charge on any atom is 0.0230 e. The molecule has 2 nitrogen and oxygen atoms in total. The molecule has 2 fully saturated rings. The SMILES string of the molecule is CC.CCCc1ccc(SN2CCC(N3CCC(C)CC3)CC2)cc1. The molecule has 1 aromatic rings. The van der Waals surface area contributed by atoms with Crippen LogP contribution in [0.2, 0.25) is 0 Å². The van der Waals surface area contributed by atoms with E-state index in [-0.39, 0.29) is 0 Å². The molecule has 0 aliphatic carbocycles. The van der Waals surface area contributed by atoms with Crippen molar-refractivity contribution in [2.45, 2.75) is 77.2 Å². The Kier molecular flexibility index (Phi) is 9.36. The fraction of sp³-hybridized carbons (Fsp3) is 0.727. The van der Waals surface area contributed by atoms with Gasteiger partial charge in [0.2, 0.25) is 0 Å². The highest BCUT2D eigenvalue weighted by Crippen LogP contribution is 2.29. The highest BCUT2D eigenvalue weighted by Gasteiger charge is 2.27. The van der Waals surface area contributed by atoms with Crippen molar-refractivity contribution in [3.8, 4) is 0 Å². The summed E-state index contributed by atoms with van der Waals surface area (Å²) in [6, 6.07) is 10.0. The van der Waals surface area contributed by atoms with Gasteiger partial charge in [-0.15, -0.1) is 0 Å². The molecular weight excluding hydrogens is 324 g/mol. The van der Waals surface area contributed by atoms with Gasteiger partial charge in [0, 0.05) is 24.0 Å². The number of nitrogens with zero attached hydrogens (tertiary/aromatic N) is 2. The highest BCUT2D eigenvalue weighted by atomic mass is 32.2. The smallest absolute Gasteiger partial charge is 0.0230 e. The first-order valence-electron chi connectivity index (χ1n) is 10.5. The van der Waals surface area contributed by atoms with Crippen LogP contribution >= 0.6 is 11.9 Å². The van der Waals surface area contributed by atoms with E-state index >= 15 is 0 Å². The zero-order valence-electron chi connectivity index (χ0n) is 16.8. The van der Waals surface area contributed by atoms with E-state index in [2.05, 4.69) is 47.3 Å². The van der Waals surface area contributed by atoms with E-state index in [0.717, 1.165) is 12.0 Å². The molecule has 3 heteroatoms. The monoisotopic (exact) mass is 362 g/mol. The van der Waals surface area contributed by atoms with Gasteiger partial charge in [0.25, 0.3) is 0 Å². The summed E-state index contributed by atoms with van der Waals surface area (Å²) in [6.07, 6.45) is 7.92. The summed E-state index contributed by atoms with van der Waals surface area (Å²) in [4.78, 5) is 4.16. The van der Waals surface area contributed by atoms with Gasteiger partial charge in [-0.25, -0.2) is 4.31 Å².